The molecule has 0 fully saturated rings. The van der Waals surface area contributed by atoms with Crippen molar-refractivity contribution in [3.63, 3.8) is 0 Å². The Labute approximate surface area is 140 Å². The average Bonchev–Trinajstić information content (AvgIpc) is 2.87. The number of carbonyl (C=O) groups excluding carboxylic acids is 1. The van der Waals surface area contributed by atoms with E-state index in [9.17, 15) is 4.79 Å². The maximum Gasteiger partial charge on any atom is 0.272 e. The molecule has 2 aromatic heterocycles. The first-order valence-electron chi connectivity index (χ1n) is 7.21. The fraction of sp³-hybridized carbons (Fsp3) is 0.188. The zero-order chi connectivity index (χ0) is 15.8. The van der Waals surface area contributed by atoms with Gasteiger partial charge in [0.2, 0.25) is 5.78 Å². The lowest BCUT2D eigenvalue weighted by Gasteiger charge is -2.19. The second-order valence-electron chi connectivity index (χ2n) is 5.22. The van der Waals surface area contributed by atoms with Gasteiger partial charge in [-0.15, -0.1) is 0 Å². The van der Waals surface area contributed by atoms with Crippen LogP contribution in [-0.4, -0.2) is 38.3 Å². The molecular formula is C16H13BrN4O2. The van der Waals surface area contributed by atoms with E-state index in [4.69, 9.17) is 4.74 Å². The van der Waals surface area contributed by atoms with Crippen molar-refractivity contribution in [2.24, 2.45) is 0 Å². The summed E-state index contributed by atoms with van der Waals surface area (Å²) < 4.78 is 8.40. The van der Waals surface area contributed by atoms with Crippen LogP contribution in [0.2, 0.25) is 0 Å². The van der Waals surface area contributed by atoms with Crippen molar-refractivity contribution < 1.29 is 9.53 Å². The van der Waals surface area contributed by atoms with Gasteiger partial charge in [0.25, 0.3) is 5.91 Å². The SMILES string of the molecule is O=C(c1cnc2ncccn12)N1CCOc2cccc(Br)c2C1. The van der Waals surface area contributed by atoms with Crippen LogP contribution in [0.15, 0.2) is 47.3 Å². The summed E-state index contributed by atoms with van der Waals surface area (Å²) >= 11 is 3.54. The normalized spacial score (nSPS) is 14.2. The number of hydrogen-bond donors (Lipinski definition) is 0. The molecule has 0 spiro atoms. The van der Waals surface area contributed by atoms with E-state index in [-0.39, 0.29) is 5.91 Å². The zero-order valence-corrected chi connectivity index (χ0v) is 13.7. The summed E-state index contributed by atoms with van der Waals surface area (Å²) in [6.07, 6.45) is 5.02. The Balaban J connectivity index is 1.70. The molecule has 0 N–H and O–H groups in total. The molecule has 0 saturated carbocycles. The van der Waals surface area contributed by atoms with Gasteiger partial charge in [-0.2, -0.15) is 0 Å². The summed E-state index contributed by atoms with van der Waals surface area (Å²) in [6, 6.07) is 7.58. The molecule has 6 nitrogen and oxygen atoms in total. The molecule has 1 aromatic carbocycles. The summed E-state index contributed by atoms with van der Waals surface area (Å²) in [6.45, 7) is 1.47. The van der Waals surface area contributed by atoms with Crippen molar-refractivity contribution in [2.75, 3.05) is 13.2 Å². The molecule has 3 aromatic rings. The van der Waals surface area contributed by atoms with Gasteiger partial charge in [0, 0.05) is 22.4 Å². The van der Waals surface area contributed by atoms with Crippen LogP contribution in [-0.2, 0) is 6.54 Å². The minimum atomic E-state index is -0.0855. The van der Waals surface area contributed by atoms with E-state index in [1.54, 1.807) is 34.0 Å². The molecule has 7 heteroatoms. The lowest BCUT2D eigenvalue weighted by Crippen LogP contribution is -2.33. The lowest BCUT2D eigenvalue weighted by atomic mass is 10.2. The first-order chi connectivity index (χ1) is 11.2. The van der Waals surface area contributed by atoms with E-state index in [1.165, 1.54) is 0 Å². The Morgan fingerprint density at radius 1 is 1.26 bits per heavy atom. The number of aromatic nitrogens is 3. The quantitative estimate of drug-likeness (QED) is 0.658. The van der Waals surface area contributed by atoms with Crippen molar-refractivity contribution >= 4 is 27.6 Å². The molecule has 0 aliphatic carbocycles. The van der Waals surface area contributed by atoms with E-state index >= 15 is 0 Å². The number of amides is 1. The number of imidazole rings is 1. The Kier molecular flexibility index (Phi) is 3.49. The smallest absolute Gasteiger partial charge is 0.272 e. The highest BCUT2D eigenvalue weighted by Gasteiger charge is 2.24. The summed E-state index contributed by atoms with van der Waals surface area (Å²) in [5.74, 6) is 1.25. The summed E-state index contributed by atoms with van der Waals surface area (Å²) in [5, 5.41) is 0. The minimum Gasteiger partial charge on any atom is -0.491 e. The third-order valence-corrected chi connectivity index (χ3v) is 4.58. The van der Waals surface area contributed by atoms with Crippen LogP contribution in [0.1, 0.15) is 16.1 Å². The Morgan fingerprint density at radius 3 is 3.09 bits per heavy atom. The standard InChI is InChI=1S/C16H13BrN4O2/c17-12-3-1-4-14-11(12)10-20(7-8-23-14)15(22)13-9-19-16-18-5-2-6-21(13)16/h1-6,9H,7-8,10H2. The first-order valence-corrected chi connectivity index (χ1v) is 8.01. The molecule has 1 amide bonds. The van der Waals surface area contributed by atoms with Crippen LogP contribution in [0, 0.1) is 0 Å². The largest absolute Gasteiger partial charge is 0.491 e. The molecule has 1 aliphatic heterocycles. The van der Waals surface area contributed by atoms with Crippen molar-refractivity contribution in [2.45, 2.75) is 6.54 Å². The van der Waals surface area contributed by atoms with Crippen molar-refractivity contribution in [3.05, 3.63) is 58.6 Å². The first kappa shape index (κ1) is 14.2. The third-order valence-electron chi connectivity index (χ3n) is 3.84. The van der Waals surface area contributed by atoms with Gasteiger partial charge in [-0.3, -0.25) is 9.20 Å². The maximum absolute atomic E-state index is 12.9. The van der Waals surface area contributed by atoms with Crippen LogP contribution in [0.25, 0.3) is 5.78 Å². The van der Waals surface area contributed by atoms with Crippen LogP contribution in [0.3, 0.4) is 0 Å². The fourth-order valence-electron chi connectivity index (χ4n) is 2.68. The topological polar surface area (TPSA) is 59.7 Å². The fourth-order valence-corrected chi connectivity index (χ4v) is 3.16. The summed E-state index contributed by atoms with van der Waals surface area (Å²) in [7, 11) is 0. The minimum absolute atomic E-state index is 0.0855. The van der Waals surface area contributed by atoms with Crippen LogP contribution in [0.4, 0.5) is 0 Å². The maximum atomic E-state index is 12.9. The van der Waals surface area contributed by atoms with E-state index in [2.05, 4.69) is 25.9 Å². The molecule has 0 atom stereocenters. The van der Waals surface area contributed by atoms with E-state index in [0.29, 0.717) is 31.2 Å². The molecule has 1 aliphatic rings. The zero-order valence-electron chi connectivity index (χ0n) is 12.1. The highest BCUT2D eigenvalue weighted by molar-refractivity contribution is 9.10. The molecule has 0 bridgehead atoms. The number of rotatable bonds is 1. The third kappa shape index (κ3) is 2.46. The number of carbonyl (C=O) groups is 1. The van der Waals surface area contributed by atoms with Gasteiger partial charge in [0.15, 0.2) is 0 Å². The molecular weight excluding hydrogens is 360 g/mol. The van der Waals surface area contributed by atoms with Crippen molar-refractivity contribution in [1.29, 1.82) is 0 Å². The van der Waals surface area contributed by atoms with Crippen LogP contribution < -0.4 is 4.74 Å². The van der Waals surface area contributed by atoms with E-state index in [1.807, 2.05) is 18.2 Å². The second kappa shape index (κ2) is 5.66. The van der Waals surface area contributed by atoms with Gasteiger partial charge in [-0.1, -0.05) is 22.0 Å². The summed E-state index contributed by atoms with van der Waals surface area (Å²) in [4.78, 5) is 23.0. The van der Waals surface area contributed by atoms with Crippen molar-refractivity contribution in [1.82, 2.24) is 19.3 Å². The number of ether oxygens (including phenoxy) is 1. The molecule has 116 valence electrons. The van der Waals surface area contributed by atoms with Gasteiger partial charge in [-0.25, -0.2) is 9.97 Å². The Bertz CT molecular complexity index is 893. The number of fused-ring (bicyclic) bond motifs is 2. The monoisotopic (exact) mass is 372 g/mol. The predicted octanol–water partition coefficient (Wildman–Crippen LogP) is 2.53. The molecule has 23 heavy (non-hydrogen) atoms. The van der Waals surface area contributed by atoms with Gasteiger partial charge < -0.3 is 9.64 Å². The number of nitrogens with zero attached hydrogens (tertiary/aromatic N) is 4. The van der Waals surface area contributed by atoms with Gasteiger partial charge in [0.1, 0.15) is 18.1 Å². The van der Waals surface area contributed by atoms with Crippen molar-refractivity contribution in [3.8, 4) is 5.75 Å². The van der Waals surface area contributed by atoms with E-state index < -0.39 is 0 Å². The highest BCUT2D eigenvalue weighted by Crippen LogP contribution is 2.30. The number of halogens is 1. The molecule has 3 heterocycles. The van der Waals surface area contributed by atoms with Gasteiger partial charge in [-0.05, 0) is 18.2 Å². The highest BCUT2D eigenvalue weighted by atomic mass is 79.9. The van der Waals surface area contributed by atoms with Crippen LogP contribution in [0.5, 0.6) is 5.75 Å². The van der Waals surface area contributed by atoms with E-state index in [0.717, 1.165) is 15.8 Å². The molecule has 0 radical (unpaired) electrons. The Hall–Kier alpha value is -2.41. The number of benzene rings is 1. The predicted molar refractivity (Wildman–Crippen MR) is 87.4 cm³/mol. The summed E-state index contributed by atoms with van der Waals surface area (Å²) in [5.41, 5.74) is 1.48. The Morgan fingerprint density at radius 2 is 2.17 bits per heavy atom. The molecule has 0 unspecified atom stereocenters. The second-order valence-corrected chi connectivity index (χ2v) is 6.08. The van der Waals surface area contributed by atoms with Gasteiger partial charge in [0.05, 0.1) is 19.3 Å². The molecule has 4 rings (SSSR count). The number of hydrogen-bond acceptors (Lipinski definition) is 4. The average molecular weight is 373 g/mol. The molecule has 0 saturated heterocycles. The van der Waals surface area contributed by atoms with Gasteiger partial charge >= 0.3 is 0 Å². The lowest BCUT2D eigenvalue weighted by molar-refractivity contribution is 0.0726. The van der Waals surface area contributed by atoms with Crippen LogP contribution >= 0.6 is 15.9 Å².